The van der Waals surface area contributed by atoms with Gasteiger partial charge < -0.3 is 20.1 Å². The van der Waals surface area contributed by atoms with E-state index in [1.54, 1.807) is 37.1 Å². The number of aromatic nitrogens is 6. The first-order chi connectivity index (χ1) is 33.7. The second kappa shape index (κ2) is 38.8. The van der Waals surface area contributed by atoms with E-state index in [1.165, 1.54) is 89.7 Å². The van der Waals surface area contributed by atoms with Crippen molar-refractivity contribution in [3.8, 4) is 11.5 Å². The SMILES string of the molecule is CC.CC.CC.CC.CC.CC.O=C1Cc2cnccc2N1.c1cc2c(cn1)CCCC2.c1cc2c(cn1)CCN2.c1cc2c(cn1)CCO2.c1cc2c(cn1)OCC2.c1cnc2c(c1)CCC2. The van der Waals surface area contributed by atoms with Gasteiger partial charge in [-0.05, 0) is 110 Å². The molecule has 11 heteroatoms. The third kappa shape index (κ3) is 21.2. The quantitative estimate of drug-likeness (QED) is 0.151. The minimum absolute atomic E-state index is 0.0583. The first-order valence-corrected chi connectivity index (χ1v) is 25.5. The predicted octanol–water partition coefficient (Wildman–Crippen LogP) is 13.3. The fourth-order valence-corrected chi connectivity index (χ4v) is 7.14. The normalized spacial score (nSPS) is 13.0. The number of hydrogen-bond acceptors (Lipinski definition) is 10. The highest BCUT2D eigenvalue weighted by molar-refractivity contribution is 5.98. The summed E-state index contributed by atoms with van der Waals surface area (Å²) in [5.74, 6) is 2.02. The molecule has 4 aliphatic heterocycles. The lowest BCUT2D eigenvalue weighted by Gasteiger charge is -2.13. The Labute approximate surface area is 410 Å². The number of hydrogen-bond donors (Lipinski definition) is 2. The van der Waals surface area contributed by atoms with E-state index in [9.17, 15) is 4.79 Å². The van der Waals surface area contributed by atoms with Gasteiger partial charge in [0.2, 0.25) is 5.91 Å². The van der Waals surface area contributed by atoms with Crippen LogP contribution in [-0.2, 0) is 56.2 Å². The van der Waals surface area contributed by atoms with Crippen molar-refractivity contribution in [3.63, 3.8) is 0 Å². The van der Waals surface area contributed by atoms with E-state index in [0.29, 0.717) is 6.42 Å². The van der Waals surface area contributed by atoms with Crippen molar-refractivity contribution in [2.45, 2.75) is 154 Å². The average molecular weight is 929 g/mol. The van der Waals surface area contributed by atoms with Crippen LogP contribution in [0, 0.1) is 0 Å². The Kier molecular flexibility index (Phi) is 34.1. The first-order valence-electron chi connectivity index (χ1n) is 25.5. The molecule has 0 radical (unpaired) electrons. The molecule has 0 unspecified atom stereocenters. The number of nitrogens with zero attached hydrogens (tertiary/aromatic N) is 6. The summed E-state index contributed by atoms with van der Waals surface area (Å²) in [6.07, 6.45) is 32.7. The average Bonchev–Trinajstić information content (AvgIpc) is 4.32. The van der Waals surface area contributed by atoms with Crippen LogP contribution in [0.25, 0.3) is 0 Å². The lowest BCUT2D eigenvalue weighted by molar-refractivity contribution is -0.115. The molecule has 10 heterocycles. The van der Waals surface area contributed by atoms with Gasteiger partial charge in [-0.25, -0.2) is 0 Å². The zero-order valence-corrected chi connectivity index (χ0v) is 43.7. The highest BCUT2D eigenvalue weighted by atomic mass is 16.5. The summed E-state index contributed by atoms with van der Waals surface area (Å²) >= 11 is 0. The summed E-state index contributed by atoms with van der Waals surface area (Å²) in [6.45, 7) is 26.7. The Morgan fingerprint density at radius 2 is 0.956 bits per heavy atom. The van der Waals surface area contributed by atoms with Gasteiger partial charge in [0.1, 0.15) is 11.5 Å². The zero-order chi connectivity index (χ0) is 50.2. The number of anilines is 2. The van der Waals surface area contributed by atoms with Crippen molar-refractivity contribution < 1.29 is 14.3 Å². The molecule has 12 rings (SSSR count). The number of rotatable bonds is 0. The smallest absolute Gasteiger partial charge is 0.228 e. The van der Waals surface area contributed by atoms with Crippen molar-refractivity contribution in [2.24, 2.45) is 0 Å². The molecule has 1 amide bonds. The molecular weight excluding hydrogens is 845 g/mol. The van der Waals surface area contributed by atoms with Crippen LogP contribution >= 0.6 is 0 Å². The summed E-state index contributed by atoms with van der Waals surface area (Å²) < 4.78 is 10.5. The van der Waals surface area contributed by atoms with Gasteiger partial charge in [0.25, 0.3) is 0 Å². The van der Waals surface area contributed by atoms with E-state index in [2.05, 4.69) is 52.7 Å². The van der Waals surface area contributed by atoms with Crippen molar-refractivity contribution in [1.29, 1.82) is 0 Å². The topological polar surface area (TPSA) is 137 Å². The van der Waals surface area contributed by atoms with Gasteiger partial charge in [-0.3, -0.25) is 34.7 Å². The van der Waals surface area contributed by atoms with E-state index < -0.39 is 0 Å². The first kappa shape index (κ1) is 59.8. The van der Waals surface area contributed by atoms with E-state index in [1.807, 2.05) is 145 Å². The molecule has 0 spiro atoms. The zero-order valence-electron chi connectivity index (χ0n) is 43.7. The molecule has 68 heavy (non-hydrogen) atoms. The summed E-state index contributed by atoms with van der Waals surface area (Å²) in [5.41, 5.74) is 12.8. The van der Waals surface area contributed by atoms with Crippen LogP contribution in [0.4, 0.5) is 11.4 Å². The molecule has 6 aromatic heterocycles. The highest BCUT2D eigenvalue weighted by Crippen LogP contribution is 2.24. The molecule has 370 valence electrons. The van der Waals surface area contributed by atoms with Crippen molar-refractivity contribution >= 4 is 17.3 Å². The molecule has 0 atom stereocenters. The van der Waals surface area contributed by atoms with Gasteiger partial charge >= 0.3 is 0 Å². The number of carbonyl (C=O) groups excluding carboxylic acids is 1. The predicted molar refractivity (Wildman–Crippen MR) is 285 cm³/mol. The van der Waals surface area contributed by atoms with Crippen LogP contribution in [0.5, 0.6) is 11.5 Å². The largest absolute Gasteiger partial charge is 0.493 e. The Bertz CT molecular complexity index is 1860. The second-order valence-corrected chi connectivity index (χ2v) is 13.9. The fraction of sp³-hybridized carbons (Fsp3) is 0.456. The van der Waals surface area contributed by atoms with Crippen LogP contribution in [0.1, 0.15) is 147 Å². The minimum Gasteiger partial charge on any atom is -0.493 e. The number of nitrogens with one attached hydrogen (secondary N) is 2. The maximum absolute atomic E-state index is 10.8. The lowest BCUT2D eigenvalue weighted by Crippen LogP contribution is -2.03. The summed E-state index contributed by atoms with van der Waals surface area (Å²) in [4.78, 5) is 34.9. The monoisotopic (exact) mass is 929 g/mol. The number of amides is 1. The molecule has 0 aromatic carbocycles. The second-order valence-electron chi connectivity index (χ2n) is 13.9. The number of pyridine rings is 6. The third-order valence-electron chi connectivity index (χ3n) is 10.1. The van der Waals surface area contributed by atoms with Gasteiger partial charge in [-0.15, -0.1) is 0 Å². The van der Waals surface area contributed by atoms with Crippen LogP contribution < -0.4 is 20.1 Å². The van der Waals surface area contributed by atoms with Crippen LogP contribution in [0.2, 0.25) is 0 Å². The summed E-state index contributed by atoms with van der Waals surface area (Å²) in [6, 6.07) is 14.1. The number of aryl methyl sites for hydroxylation is 4. The molecule has 6 aromatic rings. The van der Waals surface area contributed by atoms with Crippen molar-refractivity contribution in [2.75, 3.05) is 30.4 Å². The van der Waals surface area contributed by atoms with Crippen LogP contribution in [-0.4, -0.2) is 55.6 Å². The van der Waals surface area contributed by atoms with Gasteiger partial charge in [0.15, 0.2) is 0 Å². The number of fused-ring (bicyclic) bond motifs is 6. The molecule has 11 nitrogen and oxygen atoms in total. The Balaban J connectivity index is 0.000000390. The molecule has 6 aliphatic rings. The standard InChI is InChI=1S/C9H11N.C8H9N.C7H6N2O.C7H8N2.2C7H7NO.6C2H6/c1-2-4-9-7-10-6-5-8(9)3-1;1-3-7-4-2-6-9-8(7)5-1;10-7-3-5-4-8-2-1-6(5)9-7;1-4-9-7-2-3-8-5-6(1)7;1-3-8-5-6-2-4-9-7(1)6;1-3-8-5-7-6(1)2-4-9-7;6*1-2/h5-7H,1-4H2;2,4,6H,1,3,5H2;1-2,4H,3H2,(H,9,10);2-3,5,9H,1,4H2;2*1,3,5H,2,4H2;6*1-2H3. The molecule has 2 N–H and O–H groups in total. The highest BCUT2D eigenvalue weighted by Gasteiger charge is 2.16. The molecule has 2 aliphatic carbocycles. The summed E-state index contributed by atoms with van der Waals surface area (Å²) in [5, 5.41) is 5.98. The van der Waals surface area contributed by atoms with E-state index >= 15 is 0 Å². The number of carbonyl (C=O) groups is 1. The Hall–Kier alpha value is -6.23. The van der Waals surface area contributed by atoms with Crippen LogP contribution in [0.3, 0.4) is 0 Å². The van der Waals surface area contributed by atoms with Crippen molar-refractivity contribution in [3.05, 3.63) is 155 Å². The van der Waals surface area contributed by atoms with Gasteiger partial charge in [-0.1, -0.05) is 89.2 Å². The molecule has 0 saturated carbocycles. The molecule has 0 bridgehead atoms. The van der Waals surface area contributed by atoms with Gasteiger partial charge in [-0.2, -0.15) is 0 Å². The molecule has 0 fully saturated rings. The number of ether oxygens (including phenoxy) is 2. The van der Waals surface area contributed by atoms with Gasteiger partial charge in [0, 0.05) is 115 Å². The third-order valence-corrected chi connectivity index (χ3v) is 10.1. The van der Waals surface area contributed by atoms with Gasteiger partial charge in [0.05, 0.1) is 25.8 Å². The Morgan fingerprint density at radius 3 is 1.57 bits per heavy atom. The maximum Gasteiger partial charge on any atom is 0.228 e. The maximum atomic E-state index is 10.8. The molecule has 0 saturated heterocycles. The summed E-state index contributed by atoms with van der Waals surface area (Å²) in [7, 11) is 0. The van der Waals surface area contributed by atoms with E-state index in [-0.39, 0.29) is 5.91 Å². The van der Waals surface area contributed by atoms with E-state index in [4.69, 9.17) is 9.47 Å². The minimum atomic E-state index is 0.0583. The van der Waals surface area contributed by atoms with Crippen LogP contribution in [0.15, 0.2) is 111 Å². The van der Waals surface area contributed by atoms with Crippen molar-refractivity contribution in [1.82, 2.24) is 29.9 Å². The van der Waals surface area contributed by atoms with E-state index in [0.717, 1.165) is 61.8 Å². The molecular formula is C57H84N8O3. The Morgan fingerprint density at radius 1 is 0.426 bits per heavy atom. The lowest BCUT2D eigenvalue weighted by atomic mass is 9.94. The fourth-order valence-electron chi connectivity index (χ4n) is 7.14.